The number of benzene rings is 2. The molecule has 0 amide bonds. The van der Waals surface area contributed by atoms with Gasteiger partial charge < -0.3 is 4.57 Å². The molecule has 0 aliphatic carbocycles. The predicted octanol–water partition coefficient (Wildman–Crippen LogP) is 5.00. The van der Waals surface area contributed by atoms with Gasteiger partial charge in [0.15, 0.2) is 20.6 Å². The van der Waals surface area contributed by atoms with Crippen LogP contribution >= 0.6 is 0 Å². The van der Waals surface area contributed by atoms with Crippen molar-refractivity contribution in [3.05, 3.63) is 95.8 Å². The summed E-state index contributed by atoms with van der Waals surface area (Å²) in [4.78, 5) is 17.3. The average Bonchev–Trinajstić information content (AvgIpc) is 3.10. The number of fused-ring (bicyclic) bond motifs is 1. The molecular weight excluding hydrogens is 408 g/mol. The second kappa shape index (κ2) is 8.47. The van der Waals surface area contributed by atoms with Crippen LogP contribution in [0.15, 0.2) is 84.0 Å². The third-order valence-electron chi connectivity index (χ3n) is 5.62. The molecule has 0 spiro atoms. The fourth-order valence-electron chi connectivity index (χ4n) is 4.07. The quantitative estimate of drug-likeness (QED) is 0.385. The van der Waals surface area contributed by atoms with Crippen LogP contribution in [0.4, 0.5) is 0 Å². The lowest BCUT2D eigenvalue weighted by Crippen LogP contribution is -2.15. The van der Waals surface area contributed by atoms with Crippen molar-refractivity contribution in [1.82, 2.24) is 9.55 Å². The minimum absolute atomic E-state index is 0.0148. The van der Waals surface area contributed by atoms with Gasteiger partial charge in [-0.1, -0.05) is 54.6 Å². The van der Waals surface area contributed by atoms with E-state index in [0.717, 1.165) is 16.6 Å². The molecule has 1 atom stereocenters. The van der Waals surface area contributed by atoms with E-state index in [1.807, 2.05) is 68.4 Å². The largest absolute Gasteiger partial charge is 0.341 e. The van der Waals surface area contributed by atoms with Crippen LogP contribution in [0.25, 0.3) is 10.9 Å². The minimum atomic E-state index is -3.47. The molecule has 0 aliphatic rings. The molecule has 0 radical (unpaired) electrons. The Labute approximate surface area is 182 Å². The summed E-state index contributed by atoms with van der Waals surface area (Å²) in [5, 5.41) is 0.976. The first kappa shape index (κ1) is 21.0. The monoisotopic (exact) mass is 432 g/mol. The molecule has 2 aromatic heterocycles. The first-order valence-electron chi connectivity index (χ1n) is 10.2. The highest BCUT2D eigenvalue weighted by Gasteiger charge is 2.24. The van der Waals surface area contributed by atoms with Gasteiger partial charge in [0.2, 0.25) is 0 Å². The van der Waals surface area contributed by atoms with Crippen LogP contribution in [0.1, 0.15) is 41.0 Å². The smallest absolute Gasteiger partial charge is 0.195 e. The summed E-state index contributed by atoms with van der Waals surface area (Å²) in [6.07, 6.45) is 1.90. The van der Waals surface area contributed by atoms with Gasteiger partial charge in [0.05, 0.1) is 11.3 Å². The van der Waals surface area contributed by atoms with Gasteiger partial charge in [0.1, 0.15) is 0 Å². The van der Waals surface area contributed by atoms with E-state index < -0.39 is 9.84 Å². The molecule has 0 bridgehead atoms. The summed E-state index contributed by atoms with van der Waals surface area (Å²) in [6.45, 7) is 3.92. The number of sulfone groups is 1. The lowest BCUT2D eigenvalue weighted by Gasteiger charge is -2.18. The lowest BCUT2D eigenvalue weighted by molar-refractivity contribution is 0.103. The summed E-state index contributed by atoms with van der Waals surface area (Å²) in [6, 6.07) is 21.8. The van der Waals surface area contributed by atoms with E-state index >= 15 is 0 Å². The molecule has 4 aromatic rings. The fourth-order valence-corrected chi connectivity index (χ4v) is 5.44. The molecule has 0 saturated carbocycles. The first-order chi connectivity index (χ1) is 14.9. The van der Waals surface area contributed by atoms with E-state index in [0.29, 0.717) is 17.5 Å². The van der Waals surface area contributed by atoms with Crippen LogP contribution in [0.5, 0.6) is 0 Å². The summed E-state index contributed by atoms with van der Waals surface area (Å²) in [5.41, 5.74) is 3.08. The Balaban J connectivity index is 1.70. The maximum absolute atomic E-state index is 13.3. The van der Waals surface area contributed by atoms with Crippen molar-refractivity contribution in [2.24, 2.45) is 0 Å². The van der Waals surface area contributed by atoms with Crippen LogP contribution in [-0.4, -0.2) is 29.5 Å². The molecule has 4 rings (SSSR count). The second-order valence-corrected chi connectivity index (χ2v) is 9.72. The van der Waals surface area contributed by atoms with Crippen LogP contribution < -0.4 is 0 Å². The van der Waals surface area contributed by atoms with Crippen LogP contribution in [0, 0.1) is 6.92 Å². The number of hydrogen-bond donors (Lipinski definition) is 0. The molecule has 1 unspecified atom stereocenters. The van der Waals surface area contributed by atoms with Gasteiger partial charge in [0.25, 0.3) is 0 Å². The number of pyridine rings is 1. The Kier molecular flexibility index (Phi) is 5.74. The molecule has 6 heteroatoms. The van der Waals surface area contributed by atoms with Crippen molar-refractivity contribution in [3.63, 3.8) is 0 Å². The number of aromatic nitrogens is 2. The van der Waals surface area contributed by atoms with Crippen molar-refractivity contribution in [2.75, 3.05) is 5.75 Å². The van der Waals surface area contributed by atoms with Crippen molar-refractivity contribution >= 4 is 26.5 Å². The zero-order valence-electron chi connectivity index (χ0n) is 17.5. The topological polar surface area (TPSA) is 69.0 Å². The highest BCUT2D eigenvalue weighted by atomic mass is 32.2. The molecule has 2 aromatic carbocycles. The van der Waals surface area contributed by atoms with Crippen molar-refractivity contribution < 1.29 is 13.2 Å². The Bertz CT molecular complexity index is 1330. The first-order valence-corrected chi connectivity index (χ1v) is 11.9. The number of carbonyl (C=O) groups is 1. The van der Waals surface area contributed by atoms with Gasteiger partial charge >= 0.3 is 0 Å². The molecule has 0 saturated heterocycles. The Morgan fingerprint density at radius 2 is 1.65 bits per heavy atom. The molecule has 5 nitrogen and oxygen atoms in total. The van der Waals surface area contributed by atoms with Crippen molar-refractivity contribution in [2.45, 2.75) is 31.3 Å². The Hall–Kier alpha value is -3.25. The normalized spacial score (nSPS) is 12.7. The third kappa shape index (κ3) is 4.03. The lowest BCUT2D eigenvalue weighted by atomic mass is 10.0. The number of hydrogen-bond acceptors (Lipinski definition) is 4. The summed E-state index contributed by atoms with van der Waals surface area (Å²) >= 11 is 0. The molecule has 158 valence electrons. The molecular formula is C25H24N2O3S. The maximum Gasteiger partial charge on any atom is 0.195 e. The average molecular weight is 433 g/mol. The van der Waals surface area contributed by atoms with Gasteiger partial charge in [-0.15, -0.1) is 0 Å². The summed E-state index contributed by atoms with van der Waals surface area (Å²) in [5.74, 6) is -0.0413. The van der Waals surface area contributed by atoms with Gasteiger partial charge in [-0.3, -0.25) is 4.79 Å². The van der Waals surface area contributed by atoms with E-state index in [-0.39, 0.29) is 22.6 Å². The zero-order valence-corrected chi connectivity index (χ0v) is 18.3. The van der Waals surface area contributed by atoms with Gasteiger partial charge in [0, 0.05) is 34.4 Å². The van der Waals surface area contributed by atoms with Crippen LogP contribution in [-0.2, 0) is 9.84 Å². The number of carbonyl (C=O) groups excluding carboxylic acids is 1. The summed E-state index contributed by atoms with van der Waals surface area (Å²) in [7, 11) is -3.47. The van der Waals surface area contributed by atoms with Crippen LogP contribution in [0.2, 0.25) is 0 Å². The SMILES string of the molecule is Cc1c(C(=O)c2ccccc2)c2ccccc2n1C(C)CCS(=O)(=O)c1ccccn1. The fraction of sp³-hybridized carbons (Fsp3) is 0.200. The number of nitrogens with zero attached hydrogens (tertiary/aromatic N) is 2. The number of para-hydroxylation sites is 1. The molecule has 2 heterocycles. The van der Waals surface area contributed by atoms with Gasteiger partial charge in [-0.25, -0.2) is 13.4 Å². The molecule has 0 aliphatic heterocycles. The van der Waals surface area contributed by atoms with Crippen molar-refractivity contribution in [3.8, 4) is 0 Å². The van der Waals surface area contributed by atoms with Crippen molar-refractivity contribution in [1.29, 1.82) is 0 Å². The number of ketones is 1. The molecule has 31 heavy (non-hydrogen) atoms. The van der Waals surface area contributed by atoms with Crippen LogP contribution in [0.3, 0.4) is 0 Å². The van der Waals surface area contributed by atoms with E-state index in [4.69, 9.17) is 0 Å². The van der Waals surface area contributed by atoms with E-state index in [1.165, 1.54) is 12.3 Å². The highest BCUT2D eigenvalue weighted by Crippen LogP contribution is 2.32. The zero-order chi connectivity index (χ0) is 22.0. The highest BCUT2D eigenvalue weighted by molar-refractivity contribution is 7.91. The predicted molar refractivity (Wildman–Crippen MR) is 122 cm³/mol. The standard InChI is InChI=1S/C25H24N2O3S/c1-18(15-17-31(29,30)23-14-8-9-16-26-23)27-19(2)24(21-12-6-7-13-22(21)27)25(28)20-10-4-3-5-11-20/h3-14,16,18H,15,17H2,1-2H3. The minimum Gasteiger partial charge on any atom is -0.341 e. The van der Waals surface area contributed by atoms with E-state index in [2.05, 4.69) is 9.55 Å². The Morgan fingerprint density at radius 3 is 2.35 bits per heavy atom. The van der Waals surface area contributed by atoms with E-state index in [1.54, 1.807) is 12.1 Å². The Morgan fingerprint density at radius 1 is 0.968 bits per heavy atom. The molecule has 0 fully saturated rings. The second-order valence-electron chi connectivity index (χ2n) is 7.67. The molecule has 0 N–H and O–H groups in total. The van der Waals surface area contributed by atoms with Gasteiger partial charge in [-0.2, -0.15) is 0 Å². The third-order valence-corrected chi connectivity index (χ3v) is 7.27. The summed E-state index contributed by atoms with van der Waals surface area (Å²) < 4.78 is 27.5. The van der Waals surface area contributed by atoms with Gasteiger partial charge in [-0.05, 0) is 38.5 Å². The maximum atomic E-state index is 13.3. The number of rotatable bonds is 7. The van der Waals surface area contributed by atoms with E-state index in [9.17, 15) is 13.2 Å².